The molecular formula is C20H14F5N5. The summed E-state index contributed by atoms with van der Waals surface area (Å²) in [5.41, 5.74) is 0.216. The number of anilines is 2. The van der Waals surface area contributed by atoms with Gasteiger partial charge in [-0.1, -0.05) is 6.92 Å². The van der Waals surface area contributed by atoms with Crippen LogP contribution in [-0.4, -0.2) is 19.5 Å². The molecule has 0 unspecified atom stereocenters. The number of nitrogens with one attached hydrogen (secondary N) is 1. The summed E-state index contributed by atoms with van der Waals surface area (Å²) in [5.74, 6) is -0.927. The lowest BCUT2D eigenvalue weighted by molar-refractivity contribution is -0.137. The molecule has 0 atom stereocenters. The van der Waals surface area contributed by atoms with Crippen LogP contribution in [0.25, 0.3) is 16.9 Å². The summed E-state index contributed by atoms with van der Waals surface area (Å²) in [7, 11) is 0. The molecule has 4 aromatic rings. The summed E-state index contributed by atoms with van der Waals surface area (Å²) >= 11 is 0. The smallest absolute Gasteiger partial charge is 0.339 e. The Balaban J connectivity index is 1.71. The zero-order valence-corrected chi connectivity index (χ0v) is 15.5. The maximum absolute atomic E-state index is 13.8. The Morgan fingerprint density at radius 3 is 2.33 bits per heavy atom. The summed E-state index contributed by atoms with van der Waals surface area (Å²) in [6, 6.07) is 6.51. The number of hydrogen-bond acceptors (Lipinski definition) is 4. The van der Waals surface area contributed by atoms with E-state index in [0.29, 0.717) is 29.3 Å². The fraction of sp³-hybridized carbons (Fsp3) is 0.150. The summed E-state index contributed by atoms with van der Waals surface area (Å²) < 4.78 is 67.0. The van der Waals surface area contributed by atoms with Crippen LogP contribution in [0.3, 0.4) is 0 Å². The number of alkyl halides is 3. The van der Waals surface area contributed by atoms with Crippen molar-refractivity contribution in [3.8, 4) is 5.82 Å². The summed E-state index contributed by atoms with van der Waals surface area (Å²) in [6.07, 6.45) is -1.13. The van der Waals surface area contributed by atoms with Crippen LogP contribution in [0.1, 0.15) is 18.3 Å². The van der Waals surface area contributed by atoms with Crippen LogP contribution in [0, 0.1) is 11.6 Å². The molecule has 0 fully saturated rings. The first-order valence-electron chi connectivity index (χ1n) is 8.89. The van der Waals surface area contributed by atoms with E-state index in [9.17, 15) is 22.0 Å². The van der Waals surface area contributed by atoms with Gasteiger partial charge < -0.3 is 5.32 Å². The van der Waals surface area contributed by atoms with Crippen LogP contribution in [0.2, 0.25) is 0 Å². The molecule has 2 heterocycles. The molecule has 5 nitrogen and oxygen atoms in total. The lowest BCUT2D eigenvalue weighted by atomic mass is 10.2. The molecule has 2 aromatic heterocycles. The van der Waals surface area contributed by atoms with Crippen molar-refractivity contribution in [3.05, 3.63) is 71.8 Å². The first-order chi connectivity index (χ1) is 14.3. The van der Waals surface area contributed by atoms with E-state index in [1.54, 1.807) is 4.57 Å². The molecule has 0 saturated carbocycles. The highest BCUT2D eigenvalue weighted by Gasteiger charge is 2.29. The predicted molar refractivity (Wildman–Crippen MR) is 101 cm³/mol. The van der Waals surface area contributed by atoms with Crippen LogP contribution in [0.15, 0.2) is 48.8 Å². The molecule has 4 rings (SSSR count). The van der Waals surface area contributed by atoms with Gasteiger partial charge in [0.25, 0.3) is 0 Å². The number of aromatic nitrogens is 4. The minimum absolute atomic E-state index is 0.263. The Morgan fingerprint density at radius 1 is 0.967 bits per heavy atom. The summed E-state index contributed by atoms with van der Waals surface area (Å²) in [5, 5.41) is 2.88. The van der Waals surface area contributed by atoms with Crippen molar-refractivity contribution in [2.45, 2.75) is 19.5 Å². The van der Waals surface area contributed by atoms with Crippen LogP contribution in [0.5, 0.6) is 0 Å². The Kier molecular flexibility index (Phi) is 4.84. The van der Waals surface area contributed by atoms with Crippen molar-refractivity contribution in [1.29, 1.82) is 0 Å². The molecule has 0 radical (unpaired) electrons. The zero-order chi connectivity index (χ0) is 21.5. The third-order valence-corrected chi connectivity index (χ3v) is 4.42. The highest BCUT2D eigenvalue weighted by Crippen LogP contribution is 2.30. The van der Waals surface area contributed by atoms with Gasteiger partial charge in [-0.25, -0.2) is 18.7 Å². The van der Waals surface area contributed by atoms with Gasteiger partial charge in [-0.2, -0.15) is 13.2 Å². The average Bonchev–Trinajstić information content (AvgIpc) is 3.05. The molecule has 0 amide bonds. The topological polar surface area (TPSA) is 55.6 Å². The van der Waals surface area contributed by atoms with Gasteiger partial charge >= 0.3 is 6.18 Å². The second kappa shape index (κ2) is 7.36. The highest BCUT2D eigenvalue weighted by molar-refractivity contribution is 5.78. The second-order valence-corrected chi connectivity index (χ2v) is 6.43. The molecule has 0 aliphatic rings. The van der Waals surface area contributed by atoms with Crippen molar-refractivity contribution in [2.75, 3.05) is 5.32 Å². The van der Waals surface area contributed by atoms with Crippen molar-refractivity contribution < 1.29 is 22.0 Å². The fourth-order valence-corrected chi connectivity index (χ4v) is 3.03. The van der Waals surface area contributed by atoms with Crippen LogP contribution in [0.4, 0.5) is 33.5 Å². The number of nitrogens with zero attached hydrogens (tertiary/aromatic N) is 4. The molecule has 0 aliphatic carbocycles. The summed E-state index contributed by atoms with van der Waals surface area (Å²) in [4.78, 5) is 12.8. The van der Waals surface area contributed by atoms with E-state index in [1.165, 1.54) is 24.5 Å². The Hall–Kier alpha value is -3.56. The number of halogens is 5. The maximum atomic E-state index is 13.8. The number of hydrogen-bond donors (Lipinski definition) is 1. The minimum Gasteiger partial charge on any atom is -0.339 e. The average molecular weight is 419 g/mol. The third-order valence-electron chi connectivity index (χ3n) is 4.42. The van der Waals surface area contributed by atoms with Gasteiger partial charge in [0.1, 0.15) is 5.82 Å². The number of aryl methyl sites for hydroxylation is 1. The normalized spacial score (nSPS) is 11.8. The lowest BCUT2D eigenvalue weighted by Gasteiger charge is -2.11. The van der Waals surface area contributed by atoms with E-state index in [0.717, 1.165) is 24.3 Å². The summed E-state index contributed by atoms with van der Waals surface area (Å²) in [6.45, 7) is 1.84. The molecule has 0 saturated heterocycles. The Morgan fingerprint density at radius 2 is 1.67 bits per heavy atom. The van der Waals surface area contributed by atoms with Crippen molar-refractivity contribution in [3.63, 3.8) is 0 Å². The third kappa shape index (κ3) is 3.68. The quantitative estimate of drug-likeness (QED) is 0.449. The van der Waals surface area contributed by atoms with Gasteiger partial charge in [-0.05, 0) is 24.3 Å². The SMILES string of the molecule is CCc1nc2cc(F)c(F)cc2n1-c1cncc(Nc2ccc(C(F)(F)F)cc2)n1. The number of fused-ring (bicyclic) bond motifs is 1. The maximum Gasteiger partial charge on any atom is 0.416 e. The van der Waals surface area contributed by atoms with E-state index in [1.807, 2.05) is 6.92 Å². The number of imidazole rings is 1. The van der Waals surface area contributed by atoms with Gasteiger partial charge in [-0.15, -0.1) is 0 Å². The van der Waals surface area contributed by atoms with Gasteiger partial charge in [0, 0.05) is 24.2 Å². The highest BCUT2D eigenvalue weighted by atomic mass is 19.4. The van der Waals surface area contributed by atoms with Crippen LogP contribution < -0.4 is 5.32 Å². The van der Waals surface area contributed by atoms with Crippen LogP contribution >= 0.6 is 0 Å². The number of benzene rings is 2. The molecule has 10 heteroatoms. The molecule has 154 valence electrons. The predicted octanol–water partition coefficient (Wildman–Crippen LogP) is 5.42. The molecule has 30 heavy (non-hydrogen) atoms. The van der Waals surface area contributed by atoms with E-state index >= 15 is 0 Å². The Bertz CT molecular complexity index is 1210. The minimum atomic E-state index is -4.42. The van der Waals surface area contributed by atoms with Crippen molar-refractivity contribution >= 4 is 22.5 Å². The monoisotopic (exact) mass is 419 g/mol. The second-order valence-electron chi connectivity index (χ2n) is 6.43. The first kappa shape index (κ1) is 19.7. The van der Waals surface area contributed by atoms with E-state index in [4.69, 9.17) is 0 Å². The van der Waals surface area contributed by atoms with Gasteiger partial charge in [0.2, 0.25) is 0 Å². The number of rotatable bonds is 4. The first-order valence-corrected chi connectivity index (χ1v) is 8.89. The van der Waals surface area contributed by atoms with Gasteiger partial charge in [0.15, 0.2) is 23.3 Å². The molecule has 1 N–H and O–H groups in total. The van der Waals surface area contributed by atoms with Crippen molar-refractivity contribution in [2.24, 2.45) is 0 Å². The van der Waals surface area contributed by atoms with E-state index in [2.05, 4.69) is 20.3 Å². The fourth-order valence-electron chi connectivity index (χ4n) is 3.03. The lowest BCUT2D eigenvalue weighted by Crippen LogP contribution is -2.06. The standard InChI is InChI=1S/C20H14F5N5/c1-2-18-28-15-7-13(21)14(22)8-16(15)30(18)19-10-26-9-17(29-19)27-12-5-3-11(4-6-12)20(23,24)25/h3-10H,2H2,1H3,(H,27,29). The largest absolute Gasteiger partial charge is 0.416 e. The van der Waals surface area contributed by atoms with Gasteiger partial charge in [-0.3, -0.25) is 9.55 Å². The molecule has 2 aromatic carbocycles. The molecule has 0 bridgehead atoms. The van der Waals surface area contributed by atoms with Crippen LogP contribution in [-0.2, 0) is 12.6 Å². The zero-order valence-electron chi connectivity index (χ0n) is 15.5. The van der Waals surface area contributed by atoms with E-state index in [-0.39, 0.29) is 11.3 Å². The molecular weight excluding hydrogens is 405 g/mol. The van der Waals surface area contributed by atoms with Crippen molar-refractivity contribution in [1.82, 2.24) is 19.5 Å². The van der Waals surface area contributed by atoms with E-state index < -0.39 is 23.4 Å². The Labute approximate surface area is 167 Å². The molecule has 0 spiro atoms. The molecule has 0 aliphatic heterocycles. The van der Waals surface area contributed by atoms with Gasteiger partial charge in [0.05, 0.1) is 29.0 Å².